The average Bonchev–Trinajstić information content (AvgIpc) is 2.64. The highest BCUT2D eigenvalue weighted by atomic mass is 16.2. The molecule has 1 saturated heterocycles. The van der Waals surface area contributed by atoms with Gasteiger partial charge >= 0.3 is 0 Å². The van der Waals surface area contributed by atoms with Crippen LogP contribution in [0.2, 0.25) is 0 Å². The molecule has 24 heavy (non-hydrogen) atoms. The lowest BCUT2D eigenvalue weighted by Gasteiger charge is -2.27. The molecule has 1 atom stereocenters. The van der Waals surface area contributed by atoms with Gasteiger partial charge in [0.1, 0.15) is 5.82 Å². The molecule has 1 aliphatic rings. The molecule has 1 unspecified atom stereocenters. The van der Waals surface area contributed by atoms with Gasteiger partial charge in [0.05, 0.1) is 17.9 Å². The SMILES string of the molecule is NC(Cc1ccccc1)C(=O)Nc1ccc(N2CCCCC2)nc1. The minimum Gasteiger partial charge on any atom is -0.357 e. The lowest BCUT2D eigenvalue weighted by molar-refractivity contribution is -0.117. The monoisotopic (exact) mass is 324 g/mol. The lowest BCUT2D eigenvalue weighted by Crippen LogP contribution is -2.37. The molecular weight excluding hydrogens is 300 g/mol. The fraction of sp³-hybridized carbons (Fsp3) is 0.368. The molecule has 5 heteroatoms. The van der Waals surface area contributed by atoms with Gasteiger partial charge in [-0.15, -0.1) is 0 Å². The van der Waals surface area contributed by atoms with Crippen molar-refractivity contribution < 1.29 is 4.79 Å². The summed E-state index contributed by atoms with van der Waals surface area (Å²) >= 11 is 0. The Morgan fingerprint density at radius 2 is 1.88 bits per heavy atom. The average molecular weight is 324 g/mol. The third-order valence-corrected chi connectivity index (χ3v) is 4.33. The number of nitrogens with one attached hydrogen (secondary N) is 1. The summed E-state index contributed by atoms with van der Waals surface area (Å²) in [5, 5.41) is 2.85. The molecule has 1 aromatic carbocycles. The summed E-state index contributed by atoms with van der Waals surface area (Å²) in [7, 11) is 0. The molecule has 2 heterocycles. The van der Waals surface area contributed by atoms with E-state index >= 15 is 0 Å². The van der Waals surface area contributed by atoms with Crippen molar-refractivity contribution in [2.75, 3.05) is 23.3 Å². The first-order valence-electron chi connectivity index (χ1n) is 8.54. The number of hydrogen-bond acceptors (Lipinski definition) is 4. The number of carbonyl (C=O) groups excluding carboxylic acids is 1. The van der Waals surface area contributed by atoms with Crippen LogP contribution in [-0.2, 0) is 11.2 Å². The van der Waals surface area contributed by atoms with Gasteiger partial charge in [-0.25, -0.2) is 4.98 Å². The molecule has 126 valence electrons. The van der Waals surface area contributed by atoms with E-state index in [1.54, 1.807) is 6.20 Å². The van der Waals surface area contributed by atoms with E-state index in [2.05, 4.69) is 15.2 Å². The number of pyridine rings is 1. The number of carbonyl (C=O) groups is 1. The van der Waals surface area contributed by atoms with Crippen molar-refractivity contribution in [2.24, 2.45) is 5.73 Å². The summed E-state index contributed by atoms with van der Waals surface area (Å²) < 4.78 is 0. The van der Waals surface area contributed by atoms with Gasteiger partial charge in [-0.1, -0.05) is 30.3 Å². The lowest BCUT2D eigenvalue weighted by atomic mass is 10.1. The number of nitrogens with zero attached hydrogens (tertiary/aromatic N) is 2. The zero-order chi connectivity index (χ0) is 16.8. The molecule has 0 saturated carbocycles. The molecule has 3 rings (SSSR count). The van der Waals surface area contributed by atoms with Gasteiger partial charge in [0.25, 0.3) is 0 Å². The quantitative estimate of drug-likeness (QED) is 0.887. The third kappa shape index (κ3) is 4.32. The fourth-order valence-corrected chi connectivity index (χ4v) is 2.97. The first kappa shape index (κ1) is 16.5. The summed E-state index contributed by atoms with van der Waals surface area (Å²) in [5.41, 5.74) is 7.74. The van der Waals surface area contributed by atoms with E-state index in [9.17, 15) is 4.79 Å². The predicted octanol–water partition coefficient (Wildman–Crippen LogP) is 2.58. The van der Waals surface area contributed by atoms with E-state index in [-0.39, 0.29) is 5.91 Å². The summed E-state index contributed by atoms with van der Waals surface area (Å²) in [6.07, 6.45) is 5.95. The first-order chi connectivity index (χ1) is 11.7. The Balaban J connectivity index is 1.55. The van der Waals surface area contributed by atoms with Crippen molar-refractivity contribution in [1.82, 2.24) is 4.98 Å². The summed E-state index contributed by atoms with van der Waals surface area (Å²) in [4.78, 5) is 19.0. The van der Waals surface area contributed by atoms with Gasteiger partial charge in [0, 0.05) is 13.1 Å². The van der Waals surface area contributed by atoms with Crippen molar-refractivity contribution in [3.8, 4) is 0 Å². The smallest absolute Gasteiger partial charge is 0.241 e. The van der Waals surface area contributed by atoms with Crippen LogP contribution in [0.5, 0.6) is 0 Å². The Labute approximate surface area is 142 Å². The van der Waals surface area contributed by atoms with Crippen LogP contribution in [0.3, 0.4) is 0 Å². The largest absolute Gasteiger partial charge is 0.357 e. The Morgan fingerprint density at radius 3 is 2.54 bits per heavy atom. The second-order valence-electron chi connectivity index (χ2n) is 6.24. The van der Waals surface area contributed by atoms with Crippen LogP contribution in [0.15, 0.2) is 48.7 Å². The van der Waals surface area contributed by atoms with E-state index in [4.69, 9.17) is 5.73 Å². The van der Waals surface area contributed by atoms with Gasteiger partial charge in [-0.05, 0) is 43.4 Å². The number of rotatable bonds is 5. The molecule has 1 fully saturated rings. The number of benzene rings is 1. The van der Waals surface area contributed by atoms with Gasteiger partial charge in [-0.3, -0.25) is 4.79 Å². The van der Waals surface area contributed by atoms with Gasteiger partial charge in [0.2, 0.25) is 5.91 Å². The van der Waals surface area contributed by atoms with E-state index in [0.717, 1.165) is 24.5 Å². The Morgan fingerprint density at radius 1 is 1.12 bits per heavy atom. The molecule has 1 aliphatic heterocycles. The van der Waals surface area contributed by atoms with Crippen molar-refractivity contribution in [3.63, 3.8) is 0 Å². The number of amides is 1. The molecule has 5 nitrogen and oxygen atoms in total. The molecule has 1 amide bonds. The third-order valence-electron chi connectivity index (χ3n) is 4.33. The zero-order valence-electron chi connectivity index (χ0n) is 13.8. The summed E-state index contributed by atoms with van der Waals surface area (Å²) in [5.74, 6) is 0.785. The number of anilines is 2. The number of hydrogen-bond donors (Lipinski definition) is 2. The van der Waals surface area contributed by atoms with Crippen LogP contribution < -0.4 is 16.0 Å². The Hall–Kier alpha value is -2.40. The van der Waals surface area contributed by atoms with Crippen molar-refractivity contribution in [2.45, 2.75) is 31.7 Å². The van der Waals surface area contributed by atoms with E-state index < -0.39 is 6.04 Å². The standard InChI is InChI=1S/C19H24N4O/c20-17(13-15-7-3-1-4-8-15)19(24)22-16-9-10-18(21-14-16)23-11-5-2-6-12-23/h1,3-4,7-10,14,17H,2,5-6,11-13,20H2,(H,22,24). The predicted molar refractivity (Wildman–Crippen MR) is 97.1 cm³/mol. The molecule has 0 aliphatic carbocycles. The second kappa shape index (κ2) is 7.93. The number of aromatic nitrogens is 1. The molecule has 1 aromatic heterocycles. The van der Waals surface area contributed by atoms with Gasteiger partial charge < -0.3 is 16.0 Å². The van der Waals surface area contributed by atoms with Crippen LogP contribution in [0.4, 0.5) is 11.5 Å². The minimum absolute atomic E-state index is 0.189. The van der Waals surface area contributed by atoms with Crippen molar-refractivity contribution in [1.29, 1.82) is 0 Å². The van der Waals surface area contributed by atoms with Crippen molar-refractivity contribution >= 4 is 17.4 Å². The van der Waals surface area contributed by atoms with Gasteiger partial charge in [-0.2, -0.15) is 0 Å². The van der Waals surface area contributed by atoms with Crippen LogP contribution >= 0.6 is 0 Å². The summed E-state index contributed by atoms with van der Waals surface area (Å²) in [6, 6.07) is 13.1. The fourth-order valence-electron chi connectivity index (χ4n) is 2.97. The van der Waals surface area contributed by atoms with Crippen LogP contribution in [-0.4, -0.2) is 30.0 Å². The van der Waals surface area contributed by atoms with Gasteiger partial charge in [0.15, 0.2) is 0 Å². The van der Waals surface area contributed by atoms with E-state index in [0.29, 0.717) is 12.1 Å². The van der Waals surface area contributed by atoms with Crippen molar-refractivity contribution in [3.05, 3.63) is 54.2 Å². The molecule has 0 spiro atoms. The van der Waals surface area contributed by atoms with E-state index in [1.807, 2.05) is 42.5 Å². The zero-order valence-corrected chi connectivity index (χ0v) is 13.8. The first-order valence-corrected chi connectivity index (χ1v) is 8.54. The highest BCUT2D eigenvalue weighted by Gasteiger charge is 2.15. The minimum atomic E-state index is -0.575. The normalized spacial score (nSPS) is 15.8. The summed E-state index contributed by atoms with van der Waals surface area (Å²) in [6.45, 7) is 2.11. The molecule has 3 N–H and O–H groups in total. The second-order valence-corrected chi connectivity index (χ2v) is 6.24. The number of piperidine rings is 1. The maximum absolute atomic E-state index is 12.2. The van der Waals surface area contributed by atoms with E-state index in [1.165, 1.54) is 19.3 Å². The maximum Gasteiger partial charge on any atom is 0.241 e. The molecule has 2 aromatic rings. The molecule has 0 radical (unpaired) electrons. The highest BCUT2D eigenvalue weighted by molar-refractivity contribution is 5.94. The highest BCUT2D eigenvalue weighted by Crippen LogP contribution is 2.19. The van der Waals surface area contributed by atoms with Crippen LogP contribution in [0, 0.1) is 0 Å². The van der Waals surface area contributed by atoms with Crippen LogP contribution in [0.1, 0.15) is 24.8 Å². The Kier molecular flexibility index (Phi) is 5.43. The van der Waals surface area contributed by atoms with Crippen LogP contribution in [0.25, 0.3) is 0 Å². The molecular formula is C19H24N4O. The maximum atomic E-state index is 12.2. The topological polar surface area (TPSA) is 71.2 Å². The number of nitrogens with two attached hydrogens (primary N) is 1. The molecule has 0 bridgehead atoms. The Bertz CT molecular complexity index is 651.